The molecule has 0 heterocycles. The molecule has 2 aromatic rings. The molecule has 5 nitrogen and oxygen atoms in total. The SMILES string of the molecule is COc1ccc(/C=C/C(=O)OCc2cccc(C#N)c2)c(OC)c1. The first kappa shape index (κ1) is 17.1. The molecule has 0 bridgehead atoms. The van der Waals surface area contributed by atoms with E-state index in [0.29, 0.717) is 17.1 Å². The number of ether oxygens (including phenoxy) is 3. The van der Waals surface area contributed by atoms with Gasteiger partial charge in [-0.1, -0.05) is 12.1 Å². The van der Waals surface area contributed by atoms with Crippen molar-refractivity contribution in [3.05, 3.63) is 65.2 Å². The summed E-state index contributed by atoms with van der Waals surface area (Å²) in [7, 11) is 3.12. The zero-order valence-electron chi connectivity index (χ0n) is 13.5. The number of hydrogen-bond donors (Lipinski definition) is 0. The van der Waals surface area contributed by atoms with Crippen molar-refractivity contribution in [1.82, 2.24) is 0 Å². The van der Waals surface area contributed by atoms with Crippen molar-refractivity contribution >= 4 is 12.0 Å². The first-order chi connectivity index (χ1) is 11.7. The molecule has 0 spiro atoms. The Morgan fingerprint density at radius 1 is 1.17 bits per heavy atom. The second-order valence-electron chi connectivity index (χ2n) is 4.86. The summed E-state index contributed by atoms with van der Waals surface area (Å²) < 4.78 is 15.6. The van der Waals surface area contributed by atoms with Crippen LogP contribution in [0.5, 0.6) is 11.5 Å². The van der Waals surface area contributed by atoms with Gasteiger partial charge in [0.25, 0.3) is 0 Å². The van der Waals surface area contributed by atoms with Crippen molar-refractivity contribution in [2.24, 2.45) is 0 Å². The quantitative estimate of drug-likeness (QED) is 0.602. The molecule has 2 aromatic carbocycles. The third kappa shape index (κ3) is 4.62. The standard InChI is InChI=1S/C19H17NO4/c1-22-17-8-6-16(18(11-17)23-2)7-9-19(21)24-13-15-5-3-4-14(10-15)12-20/h3-11H,13H2,1-2H3/b9-7+. The molecule has 2 rings (SSSR count). The lowest BCUT2D eigenvalue weighted by molar-refractivity contribution is -0.138. The third-order valence-electron chi connectivity index (χ3n) is 3.28. The van der Waals surface area contributed by atoms with Gasteiger partial charge in [0, 0.05) is 17.7 Å². The Labute approximate surface area is 140 Å². The minimum atomic E-state index is -0.477. The van der Waals surface area contributed by atoms with E-state index in [1.54, 1.807) is 62.8 Å². The molecule has 0 radical (unpaired) electrons. The summed E-state index contributed by atoms with van der Waals surface area (Å²) in [6, 6.07) is 14.3. The first-order valence-corrected chi connectivity index (χ1v) is 7.22. The Hall–Kier alpha value is -3.26. The van der Waals surface area contributed by atoms with Crippen molar-refractivity contribution in [2.45, 2.75) is 6.61 Å². The Balaban J connectivity index is 1.99. The van der Waals surface area contributed by atoms with Gasteiger partial charge >= 0.3 is 5.97 Å². The van der Waals surface area contributed by atoms with Gasteiger partial charge in [-0.25, -0.2) is 4.79 Å². The lowest BCUT2D eigenvalue weighted by Crippen LogP contribution is -2.01. The second kappa shape index (κ2) is 8.39. The van der Waals surface area contributed by atoms with E-state index < -0.39 is 5.97 Å². The number of nitrogens with zero attached hydrogens (tertiary/aromatic N) is 1. The Kier molecular flexibility index (Phi) is 5.98. The largest absolute Gasteiger partial charge is 0.497 e. The Morgan fingerprint density at radius 2 is 2.00 bits per heavy atom. The van der Waals surface area contributed by atoms with Crippen molar-refractivity contribution in [1.29, 1.82) is 5.26 Å². The molecular weight excluding hydrogens is 306 g/mol. The molecule has 0 aromatic heterocycles. The smallest absolute Gasteiger partial charge is 0.331 e. The Morgan fingerprint density at radius 3 is 2.71 bits per heavy atom. The third-order valence-corrected chi connectivity index (χ3v) is 3.28. The highest BCUT2D eigenvalue weighted by Crippen LogP contribution is 2.25. The van der Waals surface area contributed by atoms with Crippen LogP contribution in [0, 0.1) is 11.3 Å². The number of benzene rings is 2. The normalized spacial score (nSPS) is 10.2. The molecule has 5 heteroatoms. The fourth-order valence-electron chi connectivity index (χ4n) is 2.05. The van der Waals surface area contributed by atoms with Crippen molar-refractivity contribution in [3.8, 4) is 17.6 Å². The predicted octanol–water partition coefficient (Wildman–Crippen LogP) is 3.33. The molecule has 0 N–H and O–H groups in total. The maximum absolute atomic E-state index is 11.8. The molecular formula is C19H17NO4. The first-order valence-electron chi connectivity index (χ1n) is 7.22. The van der Waals surface area contributed by atoms with E-state index in [0.717, 1.165) is 11.1 Å². The summed E-state index contributed by atoms with van der Waals surface area (Å²) in [6.07, 6.45) is 2.95. The summed E-state index contributed by atoms with van der Waals surface area (Å²) in [5, 5.41) is 8.85. The summed E-state index contributed by atoms with van der Waals surface area (Å²) in [5.41, 5.74) is 2.03. The fraction of sp³-hybridized carbons (Fsp3) is 0.158. The van der Waals surface area contributed by atoms with Crippen LogP contribution in [0.4, 0.5) is 0 Å². The van der Waals surface area contributed by atoms with Crippen LogP contribution >= 0.6 is 0 Å². The predicted molar refractivity (Wildman–Crippen MR) is 89.5 cm³/mol. The highest BCUT2D eigenvalue weighted by molar-refractivity contribution is 5.87. The maximum Gasteiger partial charge on any atom is 0.331 e. The number of nitriles is 1. The van der Waals surface area contributed by atoms with Crippen LogP contribution in [0.25, 0.3) is 6.08 Å². The number of rotatable bonds is 6. The van der Waals surface area contributed by atoms with E-state index in [9.17, 15) is 4.79 Å². The molecule has 24 heavy (non-hydrogen) atoms. The van der Waals surface area contributed by atoms with E-state index in [1.165, 1.54) is 6.08 Å². The van der Waals surface area contributed by atoms with E-state index >= 15 is 0 Å². The number of carbonyl (C=O) groups excluding carboxylic acids is 1. The van der Waals surface area contributed by atoms with E-state index in [2.05, 4.69) is 0 Å². The zero-order valence-corrected chi connectivity index (χ0v) is 13.5. The minimum Gasteiger partial charge on any atom is -0.497 e. The van der Waals surface area contributed by atoms with Gasteiger partial charge in [0.05, 0.1) is 25.9 Å². The van der Waals surface area contributed by atoms with E-state index in [-0.39, 0.29) is 6.61 Å². The molecule has 0 atom stereocenters. The van der Waals surface area contributed by atoms with Gasteiger partial charge in [0.15, 0.2) is 0 Å². The summed E-state index contributed by atoms with van der Waals surface area (Å²) in [4.78, 5) is 11.8. The van der Waals surface area contributed by atoms with Gasteiger partial charge < -0.3 is 14.2 Å². The van der Waals surface area contributed by atoms with Crippen molar-refractivity contribution < 1.29 is 19.0 Å². The molecule has 0 amide bonds. The average Bonchev–Trinajstić information content (AvgIpc) is 2.64. The van der Waals surface area contributed by atoms with Gasteiger partial charge in [0.1, 0.15) is 18.1 Å². The van der Waals surface area contributed by atoms with Gasteiger partial charge in [-0.3, -0.25) is 0 Å². The van der Waals surface area contributed by atoms with Crippen molar-refractivity contribution in [2.75, 3.05) is 14.2 Å². The van der Waals surface area contributed by atoms with Crippen LogP contribution in [-0.4, -0.2) is 20.2 Å². The molecule has 0 aliphatic heterocycles. The zero-order chi connectivity index (χ0) is 17.4. The second-order valence-corrected chi connectivity index (χ2v) is 4.86. The number of carbonyl (C=O) groups is 1. The van der Waals surface area contributed by atoms with Crippen molar-refractivity contribution in [3.63, 3.8) is 0 Å². The highest BCUT2D eigenvalue weighted by Gasteiger charge is 2.04. The average molecular weight is 323 g/mol. The number of hydrogen-bond acceptors (Lipinski definition) is 5. The van der Waals surface area contributed by atoms with Crippen LogP contribution in [0.1, 0.15) is 16.7 Å². The van der Waals surface area contributed by atoms with Crippen LogP contribution in [0.3, 0.4) is 0 Å². The van der Waals surface area contributed by atoms with Crippen LogP contribution in [-0.2, 0) is 16.1 Å². The van der Waals surface area contributed by atoms with Gasteiger partial charge in [0.2, 0.25) is 0 Å². The molecule has 0 aliphatic rings. The molecule has 0 unspecified atom stereocenters. The van der Waals surface area contributed by atoms with Gasteiger partial charge in [-0.15, -0.1) is 0 Å². The maximum atomic E-state index is 11.8. The molecule has 0 saturated heterocycles. The summed E-state index contributed by atoms with van der Waals surface area (Å²) >= 11 is 0. The Bertz CT molecular complexity index is 790. The fourth-order valence-corrected chi connectivity index (χ4v) is 2.05. The summed E-state index contributed by atoms with van der Waals surface area (Å²) in [5.74, 6) is 0.791. The number of methoxy groups -OCH3 is 2. The molecule has 122 valence electrons. The molecule has 0 saturated carbocycles. The summed E-state index contributed by atoms with van der Waals surface area (Å²) in [6.45, 7) is 0.110. The van der Waals surface area contributed by atoms with Gasteiger partial charge in [-0.05, 0) is 35.9 Å². The van der Waals surface area contributed by atoms with E-state index in [4.69, 9.17) is 19.5 Å². The monoisotopic (exact) mass is 323 g/mol. The van der Waals surface area contributed by atoms with Crippen LogP contribution in [0.15, 0.2) is 48.5 Å². The lowest BCUT2D eigenvalue weighted by Gasteiger charge is -2.07. The lowest BCUT2D eigenvalue weighted by atomic mass is 10.1. The van der Waals surface area contributed by atoms with E-state index in [1.807, 2.05) is 6.07 Å². The number of esters is 1. The topological polar surface area (TPSA) is 68.5 Å². The highest BCUT2D eigenvalue weighted by atomic mass is 16.5. The molecule has 0 fully saturated rings. The van der Waals surface area contributed by atoms with Crippen LogP contribution < -0.4 is 9.47 Å². The van der Waals surface area contributed by atoms with Gasteiger partial charge in [-0.2, -0.15) is 5.26 Å². The van der Waals surface area contributed by atoms with Crippen LogP contribution in [0.2, 0.25) is 0 Å². The minimum absolute atomic E-state index is 0.110. The molecule has 0 aliphatic carbocycles.